The Bertz CT molecular complexity index is 1110. The lowest BCUT2D eigenvalue weighted by atomic mass is 10.0. The van der Waals surface area contributed by atoms with Gasteiger partial charge in [-0.15, -0.1) is 0 Å². The van der Waals surface area contributed by atoms with Crippen LogP contribution < -0.4 is 16.0 Å². The fourth-order valence-electron chi connectivity index (χ4n) is 3.88. The van der Waals surface area contributed by atoms with E-state index in [2.05, 4.69) is 55.9 Å². The molecular formula is C22H26ClFN8. The summed E-state index contributed by atoms with van der Waals surface area (Å²) in [7, 11) is 2.11. The molecule has 1 aromatic carbocycles. The number of rotatable bonds is 4. The zero-order chi connectivity index (χ0) is 23.0. The highest BCUT2D eigenvalue weighted by atomic mass is 35.5. The van der Waals surface area contributed by atoms with E-state index >= 15 is 4.39 Å². The largest absolute Gasteiger partial charge is 0.393 e. The molecule has 168 valence electrons. The summed E-state index contributed by atoms with van der Waals surface area (Å²) in [6, 6.07) is 3.89. The lowest BCUT2D eigenvalue weighted by Gasteiger charge is -2.44. The lowest BCUT2D eigenvalue weighted by molar-refractivity contribution is 0.170. The summed E-state index contributed by atoms with van der Waals surface area (Å²) in [4.78, 5) is 21.0. The quantitative estimate of drug-likeness (QED) is 0.571. The number of nitrogen functional groups attached to an aromatic ring is 1. The van der Waals surface area contributed by atoms with Gasteiger partial charge in [-0.2, -0.15) is 0 Å². The third-order valence-electron chi connectivity index (χ3n) is 5.97. The van der Waals surface area contributed by atoms with Gasteiger partial charge in [-0.1, -0.05) is 11.6 Å². The monoisotopic (exact) mass is 456 g/mol. The number of likely N-dealkylation sites (N-methyl/N-ethyl adjacent to an activating group) is 1. The van der Waals surface area contributed by atoms with Crippen LogP contribution in [-0.4, -0.2) is 57.1 Å². The van der Waals surface area contributed by atoms with Crippen molar-refractivity contribution in [3.8, 4) is 11.1 Å². The Morgan fingerprint density at radius 3 is 2.41 bits per heavy atom. The van der Waals surface area contributed by atoms with Crippen LogP contribution in [-0.2, 0) is 0 Å². The molecule has 0 saturated carbocycles. The van der Waals surface area contributed by atoms with Crippen LogP contribution in [0.2, 0.25) is 5.15 Å². The van der Waals surface area contributed by atoms with Gasteiger partial charge in [0.05, 0.1) is 11.4 Å². The van der Waals surface area contributed by atoms with E-state index in [1.54, 1.807) is 31.5 Å². The number of hydrogen-bond acceptors (Lipinski definition) is 8. The minimum atomic E-state index is -0.356. The first-order valence-electron chi connectivity index (χ1n) is 10.4. The molecule has 0 amide bonds. The highest BCUT2D eigenvalue weighted by Crippen LogP contribution is 2.38. The summed E-state index contributed by atoms with van der Waals surface area (Å²) in [5.41, 5.74) is 8.65. The Balaban J connectivity index is 1.82. The van der Waals surface area contributed by atoms with Gasteiger partial charge >= 0.3 is 0 Å². The molecule has 10 heteroatoms. The van der Waals surface area contributed by atoms with Gasteiger partial charge in [0.1, 0.15) is 23.7 Å². The minimum Gasteiger partial charge on any atom is -0.393 e. The fourth-order valence-corrected chi connectivity index (χ4v) is 4.01. The molecule has 3 aromatic rings. The summed E-state index contributed by atoms with van der Waals surface area (Å²) in [6.45, 7) is 7.61. The molecule has 2 aromatic heterocycles. The van der Waals surface area contributed by atoms with Gasteiger partial charge in [-0.05, 0) is 40.0 Å². The third kappa shape index (κ3) is 4.31. The third-order valence-corrected chi connectivity index (χ3v) is 6.27. The number of nitrogens with two attached hydrogens (primary N) is 1. The highest BCUT2D eigenvalue weighted by Gasteiger charge is 2.29. The minimum absolute atomic E-state index is 0.153. The summed E-state index contributed by atoms with van der Waals surface area (Å²) >= 11 is 6.08. The number of anilines is 4. The Morgan fingerprint density at radius 1 is 1.09 bits per heavy atom. The SMILES string of the molecule is Cc1ncc(-c2cc(Nc3ncnc(Cl)c3N)c(N3C[C@@H](C)N(C)[C@@H](C)C3)cc2F)cn1. The van der Waals surface area contributed by atoms with Crippen LogP contribution in [0.25, 0.3) is 11.1 Å². The molecule has 0 aliphatic carbocycles. The predicted octanol–water partition coefficient (Wildman–Crippen LogP) is 3.89. The van der Waals surface area contributed by atoms with Gasteiger partial charge in [-0.25, -0.2) is 24.3 Å². The van der Waals surface area contributed by atoms with Gasteiger partial charge in [0, 0.05) is 48.7 Å². The fraction of sp³-hybridized carbons (Fsp3) is 0.364. The Morgan fingerprint density at radius 2 is 1.75 bits per heavy atom. The predicted molar refractivity (Wildman–Crippen MR) is 126 cm³/mol. The summed E-state index contributed by atoms with van der Waals surface area (Å²) in [6.07, 6.45) is 4.55. The molecule has 0 bridgehead atoms. The van der Waals surface area contributed by atoms with Crippen molar-refractivity contribution in [1.29, 1.82) is 0 Å². The van der Waals surface area contributed by atoms with E-state index in [4.69, 9.17) is 17.3 Å². The summed E-state index contributed by atoms with van der Waals surface area (Å²) in [5, 5.41) is 3.40. The maximum atomic E-state index is 15.3. The molecule has 0 radical (unpaired) electrons. The summed E-state index contributed by atoms with van der Waals surface area (Å²) < 4.78 is 15.3. The van der Waals surface area contributed by atoms with Crippen LogP contribution in [0.15, 0.2) is 30.9 Å². The van der Waals surface area contributed by atoms with Crippen molar-refractivity contribution in [3.05, 3.63) is 47.6 Å². The molecule has 3 heterocycles. The Hall–Kier alpha value is -3.04. The average molecular weight is 457 g/mol. The van der Waals surface area contributed by atoms with E-state index < -0.39 is 0 Å². The van der Waals surface area contributed by atoms with E-state index in [1.807, 2.05) is 0 Å². The van der Waals surface area contributed by atoms with Gasteiger partial charge in [0.15, 0.2) is 11.0 Å². The van der Waals surface area contributed by atoms with Crippen LogP contribution in [0, 0.1) is 12.7 Å². The van der Waals surface area contributed by atoms with Crippen LogP contribution in [0.5, 0.6) is 0 Å². The lowest BCUT2D eigenvalue weighted by Crippen LogP contribution is -2.55. The number of piperazine rings is 1. The van der Waals surface area contributed by atoms with Gasteiger partial charge < -0.3 is 16.0 Å². The van der Waals surface area contributed by atoms with Crippen molar-refractivity contribution in [2.75, 3.05) is 36.1 Å². The van der Waals surface area contributed by atoms with Crippen molar-refractivity contribution in [1.82, 2.24) is 24.8 Å². The molecule has 2 atom stereocenters. The topological polar surface area (TPSA) is 96.1 Å². The first-order chi connectivity index (χ1) is 15.2. The second-order valence-electron chi connectivity index (χ2n) is 8.19. The zero-order valence-electron chi connectivity index (χ0n) is 18.5. The molecule has 1 saturated heterocycles. The number of benzene rings is 1. The van der Waals surface area contributed by atoms with Crippen molar-refractivity contribution in [3.63, 3.8) is 0 Å². The first-order valence-corrected chi connectivity index (χ1v) is 10.7. The van der Waals surface area contributed by atoms with Crippen molar-refractivity contribution in [2.24, 2.45) is 0 Å². The van der Waals surface area contributed by atoms with Crippen molar-refractivity contribution >= 4 is 34.5 Å². The number of hydrogen-bond donors (Lipinski definition) is 2. The van der Waals surface area contributed by atoms with E-state index in [0.717, 1.165) is 18.8 Å². The average Bonchev–Trinajstić information content (AvgIpc) is 2.76. The molecule has 8 nitrogen and oxygen atoms in total. The maximum absolute atomic E-state index is 15.3. The second-order valence-corrected chi connectivity index (χ2v) is 8.55. The molecule has 3 N–H and O–H groups in total. The van der Waals surface area contributed by atoms with Crippen LogP contribution in [0.4, 0.5) is 27.3 Å². The molecule has 32 heavy (non-hydrogen) atoms. The van der Waals surface area contributed by atoms with Gasteiger partial charge in [0.2, 0.25) is 0 Å². The highest BCUT2D eigenvalue weighted by molar-refractivity contribution is 6.32. The molecular weight excluding hydrogens is 431 g/mol. The molecule has 0 spiro atoms. The molecule has 1 aliphatic rings. The molecule has 0 unspecified atom stereocenters. The van der Waals surface area contributed by atoms with Gasteiger partial charge in [0.25, 0.3) is 0 Å². The maximum Gasteiger partial charge on any atom is 0.158 e. The first kappa shape index (κ1) is 22.2. The number of nitrogens with zero attached hydrogens (tertiary/aromatic N) is 6. The Labute approximate surface area is 191 Å². The molecule has 1 aliphatic heterocycles. The Kier molecular flexibility index (Phi) is 6.12. The van der Waals surface area contributed by atoms with E-state index in [9.17, 15) is 0 Å². The van der Waals surface area contributed by atoms with E-state index in [-0.39, 0.29) is 16.7 Å². The van der Waals surface area contributed by atoms with E-state index in [1.165, 1.54) is 6.33 Å². The van der Waals surface area contributed by atoms with Crippen molar-refractivity contribution < 1.29 is 4.39 Å². The van der Waals surface area contributed by atoms with Crippen LogP contribution in [0.1, 0.15) is 19.7 Å². The number of aryl methyl sites for hydroxylation is 1. The normalized spacial score (nSPS) is 19.2. The number of halogens is 2. The van der Waals surface area contributed by atoms with Crippen molar-refractivity contribution in [2.45, 2.75) is 32.9 Å². The second kappa shape index (κ2) is 8.84. The number of aromatic nitrogens is 4. The van der Waals surface area contributed by atoms with Gasteiger partial charge in [-0.3, -0.25) is 4.90 Å². The summed E-state index contributed by atoms with van der Waals surface area (Å²) in [5.74, 6) is 0.623. The van der Waals surface area contributed by atoms with E-state index in [0.29, 0.717) is 40.5 Å². The molecule has 4 rings (SSSR count). The van der Waals surface area contributed by atoms with Crippen LogP contribution in [0.3, 0.4) is 0 Å². The molecule has 1 fully saturated rings. The standard InChI is InChI=1S/C22H26ClFN8/c1-12-9-32(10-13(2)31(12)4)19-6-17(24)16(15-7-26-14(3)27-8-15)5-18(19)30-22-20(25)21(23)28-11-29-22/h5-8,11-13H,9-10,25H2,1-4H3,(H,28,29,30)/t12-,13+. The zero-order valence-corrected chi connectivity index (χ0v) is 19.2. The smallest absolute Gasteiger partial charge is 0.158 e. The van der Waals surface area contributed by atoms with Crippen LogP contribution >= 0.6 is 11.6 Å². The number of nitrogens with one attached hydrogen (secondary N) is 1.